The number of ether oxygens (including phenoxy) is 1. The van der Waals surface area contributed by atoms with Gasteiger partial charge in [0.15, 0.2) is 0 Å². The Morgan fingerprint density at radius 1 is 0.930 bits per heavy atom. The fraction of sp³-hybridized carbons (Fsp3) is 0.412. The number of hydrogen-bond donors (Lipinski definition) is 1. The molecule has 0 unspecified atom stereocenters. The number of hydrogen-bond acceptors (Lipinski definition) is 5. The van der Waals surface area contributed by atoms with Gasteiger partial charge in [-0.05, 0) is 67.1 Å². The zero-order chi connectivity index (χ0) is 30.8. The first-order valence-corrected chi connectivity index (χ1v) is 16.9. The van der Waals surface area contributed by atoms with E-state index in [0.29, 0.717) is 24.5 Å². The second-order valence-electron chi connectivity index (χ2n) is 11.3. The van der Waals surface area contributed by atoms with Crippen LogP contribution in [0.15, 0.2) is 78.9 Å². The first kappa shape index (κ1) is 32.1. The Kier molecular flexibility index (Phi) is 11.2. The molecule has 1 saturated carbocycles. The van der Waals surface area contributed by atoms with Crippen molar-refractivity contribution in [3.8, 4) is 5.75 Å². The molecule has 0 radical (unpaired) electrons. The zero-order valence-corrected chi connectivity index (χ0v) is 26.2. The molecular formula is C34H43N3O5S. The average molecular weight is 606 g/mol. The first-order chi connectivity index (χ1) is 20.7. The quantitative estimate of drug-likeness (QED) is 0.274. The van der Waals surface area contributed by atoms with Crippen molar-refractivity contribution in [1.82, 2.24) is 10.2 Å². The van der Waals surface area contributed by atoms with E-state index in [0.717, 1.165) is 52.9 Å². The minimum absolute atomic E-state index is 0.0980. The Balaban J connectivity index is 1.55. The first-order valence-electron chi connectivity index (χ1n) is 15.0. The summed E-state index contributed by atoms with van der Waals surface area (Å²) in [7, 11) is -3.83. The van der Waals surface area contributed by atoms with Crippen molar-refractivity contribution in [1.29, 1.82) is 0 Å². The van der Waals surface area contributed by atoms with E-state index in [4.69, 9.17) is 4.74 Å². The molecule has 1 aliphatic rings. The summed E-state index contributed by atoms with van der Waals surface area (Å²) < 4.78 is 32.9. The van der Waals surface area contributed by atoms with Crippen molar-refractivity contribution in [3.05, 3.63) is 95.6 Å². The van der Waals surface area contributed by atoms with E-state index in [2.05, 4.69) is 5.32 Å². The van der Waals surface area contributed by atoms with Crippen molar-refractivity contribution in [2.24, 2.45) is 0 Å². The van der Waals surface area contributed by atoms with Crippen LogP contribution < -0.4 is 14.4 Å². The third-order valence-electron chi connectivity index (χ3n) is 7.99. The van der Waals surface area contributed by atoms with Crippen LogP contribution in [0.3, 0.4) is 0 Å². The van der Waals surface area contributed by atoms with Crippen LogP contribution in [0, 0.1) is 6.92 Å². The number of nitrogens with one attached hydrogen (secondary N) is 1. The lowest BCUT2D eigenvalue weighted by molar-refractivity contribution is -0.140. The van der Waals surface area contributed by atoms with E-state index in [1.807, 2.05) is 68.4 Å². The van der Waals surface area contributed by atoms with Gasteiger partial charge in [-0.1, -0.05) is 80.8 Å². The number of carbonyl (C=O) groups is 2. The maximum atomic E-state index is 14.0. The average Bonchev–Trinajstić information content (AvgIpc) is 3.00. The third-order valence-corrected chi connectivity index (χ3v) is 9.13. The molecular weight excluding hydrogens is 562 g/mol. The Bertz CT molecular complexity index is 1450. The minimum Gasteiger partial charge on any atom is -0.489 e. The van der Waals surface area contributed by atoms with Gasteiger partial charge in [0.2, 0.25) is 21.8 Å². The van der Waals surface area contributed by atoms with Crippen LogP contribution in [0.25, 0.3) is 0 Å². The van der Waals surface area contributed by atoms with E-state index in [9.17, 15) is 18.0 Å². The van der Waals surface area contributed by atoms with E-state index < -0.39 is 28.5 Å². The summed E-state index contributed by atoms with van der Waals surface area (Å²) in [6.07, 6.45) is 6.67. The Labute approximate surface area is 256 Å². The summed E-state index contributed by atoms with van der Waals surface area (Å²) in [5, 5.41) is 3.17. The van der Waals surface area contributed by atoms with Gasteiger partial charge >= 0.3 is 0 Å². The lowest BCUT2D eigenvalue weighted by Gasteiger charge is -2.34. The molecule has 0 spiro atoms. The van der Waals surface area contributed by atoms with Crippen LogP contribution >= 0.6 is 0 Å². The molecule has 1 atom stereocenters. The smallest absolute Gasteiger partial charge is 0.244 e. The van der Waals surface area contributed by atoms with Crippen molar-refractivity contribution < 1.29 is 22.7 Å². The summed E-state index contributed by atoms with van der Waals surface area (Å²) in [4.78, 5) is 29.1. The molecule has 8 nitrogen and oxygen atoms in total. The molecule has 0 aliphatic heterocycles. The number of benzene rings is 3. The van der Waals surface area contributed by atoms with Crippen LogP contribution in [0.4, 0.5) is 5.69 Å². The summed E-state index contributed by atoms with van der Waals surface area (Å²) in [5.74, 6) is -0.0510. The standard InChI is InChI=1S/C34H43N3O5S/c1-4-32(34(39)35-29-17-9-6-10-18-29)36(23-28-16-12-11-13-26(28)2)33(38)24-37(43(3,40)41)30-19-21-31(22-20-30)42-25-27-14-7-5-8-15-27/h5,7-8,11-16,19-22,29,32H,4,6,9-10,17-18,23-25H2,1-3H3,(H,35,39)/t32-/m1/s1. The normalized spacial score (nSPS) is 14.5. The van der Waals surface area contributed by atoms with Crippen molar-refractivity contribution in [3.63, 3.8) is 0 Å². The second-order valence-corrected chi connectivity index (χ2v) is 13.2. The van der Waals surface area contributed by atoms with Gasteiger partial charge in [0.1, 0.15) is 24.9 Å². The SMILES string of the molecule is CC[C@H](C(=O)NC1CCCCC1)N(Cc1ccccc1C)C(=O)CN(c1ccc(OCc2ccccc2)cc1)S(C)(=O)=O. The summed E-state index contributed by atoms with van der Waals surface area (Å²) >= 11 is 0. The highest BCUT2D eigenvalue weighted by molar-refractivity contribution is 7.92. The molecule has 0 heterocycles. The molecule has 0 bridgehead atoms. The lowest BCUT2D eigenvalue weighted by atomic mass is 9.95. The monoisotopic (exact) mass is 605 g/mol. The highest BCUT2D eigenvalue weighted by atomic mass is 32.2. The largest absolute Gasteiger partial charge is 0.489 e. The summed E-state index contributed by atoms with van der Waals surface area (Å²) in [6, 6.07) is 23.5. The van der Waals surface area contributed by atoms with Gasteiger partial charge in [0.25, 0.3) is 0 Å². The molecule has 3 aromatic carbocycles. The van der Waals surface area contributed by atoms with Gasteiger partial charge in [-0.15, -0.1) is 0 Å². The Hall–Kier alpha value is -3.85. The van der Waals surface area contributed by atoms with Crippen LogP contribution in [-0.2, 0) is 32.8 Å². The van der Waals surface area contributed by atoms with E-state index in [1.165, 1.54) is 11.3 Å². The molecule has 0 aromatic heterocycles. The number of aryl methyl sites for hydroxylation is 1. The number of sulfonamides is 1. The van der Waals surface area contributed by atoms with Crippen molar-refractivity contribution in [2.75, 3.05) is 17.1 Å². The second kappa shape index (κ2) is 15.0. The summed E-state index contributed by atoms with van der Waals surface area (Å²) in [5.41, 5.74) is 3.26. The number of amides is 2. The van der Waals surface area contributed by atoms with E-state index in [1.54, 1.807) is 24.3 Å². The highest BCUT2D eigenvalue weighted by Gasteiger charge is 2.33. The fourth-order valence-electron chi connectivity index (χ4n) is 5.50. The lowest BCUT2D eigenvalue weighted by Crippen LogP contribution is -2.54. The van der Waals surface area contributed by atoms with Crippen LogP contribution in [-0.4, -0.2) is 50.0 Å². The maximum Gasteiger partial charge on any atom is 0.244 e. The third kappa shape index (κ3) is 9.07. The van der Waals surface area contributed by atoms with Gasteiger partial charge in [-0.25, -0.2) is 8.42 Å². The van der Waals surface area contributed by atoms with Crippen molar-refractivity contribution >= 4 is 27.5 Å². The van der Waals surface area contributed by atoms with Crippen molar-refractivity contribution in [2.45, 2.75) is 77.6 Å². The number of rotatable bonds is 13. The molecule has 1 fully saturated rings. The van der Waals surface area contributed by atoms with Gasteiger partial charge in [-0.2, -0.15) is 0 Å². The molecule has 230 valence electrons. The molecule has 0 saturated heterocycles. The van der Waals surface area contributed by atoms with Crippen LogP contribution in [0.2, 0.25) is 0 Å². The summed E-state index contributed by atoms with van der Waals surface area (Å²) in [6.45, 7) is 3.99. The number of anilines is 1. The van der Waals surface area contributed by atoms with Crippen LogP contribution in [0.5, 0.6) is 5.75 Å². The Morgan fingerprint density at radius 2 is 1.58 bits per heavy atom. The molecule has 43 heavy (non-hydrogen) atoms. The molecule has 3 aromatic rings. The van der Waals surface area contributed by atoms with E-state index >= 15 is 0 Å². The molecule has 1 N–H and O–H groups in total. The van der Waals surface area contributed by atoms with Gasteiger partial charge < -0.3 is 15.0 Å². The number of carbonyl (C=O) groups excluding carboxylic acids is 2. The predicted molar refractivity (Wildman–Crippen MR) is 170 cm³/mol. The molecule has 9 heteroatoms. The maximum absolute atomic E-state index is 14.0. The predicted octanol–water partition coefficient (Wildman–Crippen LogP) is 5.60. The minimum atomic E-state index is -3.83. The van der Waals surface area contributed by atoms with Gasteiger partial charge in [0, 0.05) is 12.6 Å². The van der Waals surface area contributed by atoms with Gasteiger partial charge in [-0.3, -0.25) is 13.9 Å². The highest BCUT2D eigenvalue weighted by Crippen LogP contribution is 2.24. The van der Waals surface area contributed by atoms with E-state index in [-0.39, 0.29) is 18.5 Å². The van der Waals surface area contributed by atoms with Crippen LogP contribution in [0.1, 0.15) is 62.1 Å². The number of nitrogens with zero attached hydrogens (tertiary/aromatic N) is 2. The molecule has 2 amide bonds. The Morgan fingerprint density at radius 3 is 2.21 bits per heavy atom. The molecule has 1 aliphatic carbocycles. The molecule has 4 rings (SSSR count). The van der Waals surface area contributed by atoms with Gasteiger partial charge in [0.05, 0.1) is 11.9 Å². The fourth-order valence-corrected chi connectivity index (χ4v) is 6.35. The zero-order valence-electron chi connectivity index (χ0n) is 25.4. The topological polar surface area (TPSA) is 96.0 Å².